The Balaban J connectivity index is 0.000000885. The van der Waals surface area contributed by atoms with E-state index in [9.17, 15) is 9.36 Å². The Morgan fingerprint density at radius 1 is 1.33 bits per heavy atom. The van der Waals surface area contributed by atoms with Crippen LogP contribution in [0.3, 0.4) is 0 Å². The fourth-order valence-electron chi connectivity index (χ4n) is 1.13. The molecule has 0 unspecified atom stereocenters. The minimum Gasteiger partial charge on any atom is -0.383 e. The number of nitrogens with two attached hydrogens (primary N) is 1. The summed E-state index contributed by atoms with van der Waals surface area (Å²) in [5.74, 6) is 0.164. The Kier molecular flexibility index (Phi) is 9.62. The van der Waals surface area contributed by atoms with Gasteiger partial charge in [-0.05, 0) is 12.5 Å². The highest BCUT2D eigenvalue weighted by Crippen LogP contribution is 2.34. The third-order valence-electron chi connectivity index (χ3n) is 2.45. The average molecular weight is 317 g/mol. The van der Waals surface area contributed by atoms with Gasteiger partial charge in [-0.2, -0.15) is 4.98 Å². The summed E-state index contributed by atoms with van der Waals surface area (Å²) in [6, 6.07) is 1.50. The van der Waals surface area contributed by atoms with Crippen molar-refractivity contribution < 1.29 is 14.4 Å². The Hall–Kier alpha value is -1.43. The number of anilines is 1. The molecule has 7 nitrogen and oxygen atoms in total. The van der Waals surface area contributed by atoms with Crippen LogP contribution in [-0.4, -0.2) is 25.5 Å². The van der Waals surface area contributed by atoms with Crippen LogP contribution in [0.25, 0.3) is 0 Å². The van der Waals surface area contributed by atoms with Crippen LogP contribution in [0.15, 0.2) is 29.2 Å². The van der Waals surface area contributed by atoms with E-state index in [-0.39, 0.29) is 18.4 Å². The highest BCUT2D eigenvalue weighted by molar-refractivity contribution is 7.51. The van der Waals surface area contributed by atoms with Crippen molar-refractivity contribution in [2.24, 2.45) is 0 Å². The molecule has 1 rings (SSSR count). The Morgan fingerprint density at radius 3 is 2.43 bits per heavy atom. The van der Waals surface area contributed by atoms with E-state index in [0.29, 0.717) is 6.54 Å². The third kappa shape index (κ3) is 11.0. The first-order valence-electron chi connectivity index (χ1n) is 6.82. The molecule has 0 amide bonds. The van der Waals surface area contributed by atoms with Crippen LogP contribution >= 0.6 is 7.60 Å². The van der Waals surface area contributed by atoms with Gasteiger partial charge in [0.2, 0.25) is 0 Å². The van der Waals surface area contributed by atoms with Gasteiger partial charge in [-0.1, -0.05) is 38.8 Å². The monoisotopic (exact) mass is 317 g/mol. The average Bonchev–Trinajstić information content (AvgIpc) is 2.39. The fraction of sp³-hybridized carbons (Fsp3) is 0.538. The molecular weight excluding hydrogens is 293 g/mol. The van der Waals surface area contributed by atoms with E-state index < -0.39 is 13.3 Å². The van der Waals surface area contributed by atoms with Crippen molar-refractivity contribution in [2.75, 3.05) is 11.9 Å². The molecule has 1 heterocycles. The van der Waals surface area contributed by atoms with Gasteiger partial charge in [-0.25, -0.2) is 4.79 Å². The highest BCUT2D eigenvalue weighted by Gasteiger charge is 2.09. The normalized spacial score (nSPS) is 11.2. The van der Waals surface area contributed by atoms with Gasteiger partial charge in [0.05, 0.1) is 6.16 Å². The number of hydrogen-bond acceptors (Lipinski definition) is 4. The van der Waals surface area contributed by atoms with Crippen LogP contribution in [0.2, 0.25) is 0 Å². The molecule has 8 heteroatoms. The fourth-order valence-corrected chi connectivity index (χ4v) is 1.62. The first kappa shape index (κ1) is 19.6. The molecule has 0 fully saturated rings. The lowest BCUT2D eigenvalue weighted by Crippen LogP contribution is -2.22. The van der Waals surface area contributed by atoms with E-state index in [4.69, 9.17) is 15.5 Å². The van der Waals surface area contributed by atoms with Crippen LogP contribution < -0.4 is 11.4 Å². The summed E-state index contributed by atoms with van der Waals surface area (Å²) >= 11 is 0. The zero-order chi connectivity index (χ0) is 16.3. The molecule has 0 aliphatic carbocycles. The van der Waals surface area contributed by atoms with Crippen molar-refractivity contribution in [2.45, 2.75) is 39.7 Å². The number of nitrogens with zero attached hydrogens (tertiary/aromatic N) is 2. The predicted molar refractivity (Wildman–Crippen MR) is 84.2 cm³/mol. The summed E-state index contributed by atoms with van der Waals surface area (Å²) in [5, 5.41) is 0. The Morgan fingerprint density at radius 2 is 1.95 bits per heavy atom. The van der Waals surface area contributed by atoms with E-state index in [1.54, 1.807) is 12.2 Å². The minimum absolute atomic E-state index is 0.164. The summed E-state index contributed by atoms with van der Waals surface area (Å²) in [5.41, 5.74) is 4.87. The van der Waals surface area contributed by atoms with Crippen LogP contribution in [0.1, 0.15) is 33.1 Å². The highest BCUT2D eigenvalue weighted by atomic mass is 31.2. The third-order valence-corrected chi connectivity index (χ3v) is 3.29. The summed E-state index contributed by atoms with van der Waals surface area (Å²) < 4.78 is 11.9. The molecule has 21 heavy (non-hydrogen) atoms. The van der Waals surface area contributed by atoms with Gasteiger partial charge in [-0.15, -0.1) is 0 Å². The molecule has 0 bridgehead atoms. The van der Waals surface area contributed by atoms with Gasteiger partial charge in [0.15, 0.2) is 0 Å². The van der Waals surface area contributed by atoms with E-state index in [2.05, 4.69) is 18.8 Å². The lowest BCUT2D eigenvalue weighted by atomic mass is 10.4. The number of unbranched alkanes of at least 4 members (excludes halogenated alkanes) is 1. The smallest absolute Gasteiger partial charge is 0.349 e. The van der Waals surface area contributed by atoms with Crippen molar-refractivity contribution in [1.29, 1.82) is 0 Å². The van der Waals surface area contributed by atoms with Gasteiger partial charge in [0.25, 0.3) is 0 Å². The maximum absolute atomic E-state index is 11.3. The molecule has 4 N–H and O–H groups in total. The lowest BCUT2D eigenvalue weighted by Gasteiger charge is -2.01. The van der Waals surface area contributed by atoms with E-state index >= 15 is 0 Å². The lowest BCUT2D eigenvalue weighted by molar-refractivity contribution is 0.373. The zero-order valence-electron chi connectivity index (χ0n) is 12.5. The molecule has 0 radical (unpaired) electrons. The van der Waals surface area contributed by atoms with Crippen molar-refractivity contribution in [1.82, 2.24) is 9.55 Å². The second-order valence-corrected chi connectivity index (χ2v) is 6.21. The van der Waals surface area contributed by atoms with E-state index in [0.717, 1.165) is 0 Å². The van der Waals surface area contributed by atoms with Crippen LogP contribution in [0.4, 0.5) is 5.82 Å². The van der Waals surface area contributed by atoms with E-state index in [1.807, 2.05) is 0 Å². The number of nitrogen functional groups attached to an aromatic ring is 1. The molecular formula is C13H24N3O4P. The molecule has 1 aromatic rings. The maximum Gasteiger partial charge on any atom is 0.349 e. The molecule has 0 spiro atoms. The van der Waals surface area contributed by atoms with Crippen LogP contribution in [0.5, 0.6) is 0 Å². The van der Waals surface area contributed by atoms with E-state index in [1.165, 1.54) is 29.7 Å². The van der Waals surface area contributed by atoms with Gasteiger partial charge in [0.1, 0.15) is 5.82 Å². The first-order chi connectivity index (χ1) is 9.80. The van der Waals surface area contributed by atoms with Crippen molar-refractivity contribution in [3.63, 3.8) is 0 Å². The standard InChI is InChI=1S/C9H14N3O4P.C4H10/c10-8-4-6-12(9(13)11-8)5-2-1-3-7-17(14,15)16;1-3-4-2/h1-2,4,6H,3,5,7H2,(H2,10,11,13)(H2,14,15,16);3-4H2,1-2H3/b2-1+;. The number of aromatic nitrogens is 2. The number of hydrogen-bond donors (Lipinski definition) is 3. The predicted octanol–water partition coefficient (Wildman–Crippen LogP) is 1.76. The second-order valence-electron chi connectivity index (χ2n) is 4.44. The molecule has 0 saturated heterocycles. The number of allylic oxidation sites excluding steroid dienone is 2. The summed E-state index contributed by atoms with van der Waals surface area (Å²) in [4.78, 5) is 32.0. The molecule has 120 valence electrons. The SMILES string of the molecule is CCCC.Nc1ccn(C/C=C/CCP(=O)(O)O)c(=O)n1. The van der Waals surface area contributed by atoms with Crippen molar-refractivity contribution >= 4 is 13.4 Å². The molecule has 1 aromatic heterocycles. The Bertz CT molecular complexity index is 534. The molecule has 0 aliphatic heterocycles. The van der Waals surface area contributed by atoms with Gasteiger partial charge in [-0.3, -0.25) is 9.13 Å². The molecule has 0 saturated carbocycles. The van der Waals surface area contributed by atoms with Crippen LogP contribution in [0, 0.1) is 0 Å². The van der Waals surface area contributed by atoms with Gasteiger partial charge in [0, 0.05) is 12.7 Å². The van der Waals surface area contributed by atoms with Gasteiger partial charge < -0.3 is 15.5 Å². The Labute approximate surface area is 124 Å². The largest absolute Gasteiger partial charge is 0.383 e. The zero-order valence-corrected chi connectivity index (χ0v) is 13.4. The summed E-state index contributed by atoms with van der Waals surface area (Å²) in [6.07, 6.45) is 7.48. The summed E-state index contributed by atoms with van der Waals surface area (Å²) in [7, 11) is -3.94. The first-order valence-corrected chi connectivity index (χ1v) is 8.62. The molecule has 0 aliphatic rings. The second kappa shape index (κ2) is 10.3. The molecule has 0 aromatic carbocycles. The topological polar surface area (TPSA) is 118 Å². The van der Waals surface area contributed by atoms with Crippen molar-refractivity contribution in [3.8, 4) is 0 Å². The maximum atomic E-state index is 11.3. The number of rotatable bonds is 6. The van der Waals surface area contributed by atoms with Gasteiger partial charge >= 0.3 is 13.3 Å². The quantitative estimate of drug-likeness (QED) is 0.543. The van der Waals surface area contributed by atoms with Crippen molar-refractivity contribution in [3.05, 3.63) is 34.9 Å². The molecule has 0 atom stereocenters. The minimum atomic E-state index is -3.94. The summed E-state index contributed by atoms with van der Waals surface area (Å²) in [6.45, 7) is 4.66. The van der Waals surface area contributed by atoms with Crippen LogP contribution in [-0.2, 0) is 11.1 Å².